The number of hydrogen-bond donors (Lipinski definition) is 0. The van der Waals surface area contributed by atoms with Crippen LogP contribution in [-0.2, 0) is 5.41 Å². The van der Waals surface area contributed by atoms with Crippen molar-refractivity contribution in [2.24, 2.45) is 0 Å². The molecule has 1 aliphatic rings. The first-order chi connectivity index (χ1) is 13.3. The van der Waals surface area contributed by atoms with Crippen LogP contribution in [0, 0.1) is 6.92 Å². The van der Waals surface area contributed by atoms with E-state index in [1.54, 1.807) is 6.08 Å². The summed E-state index contributed by atoms with van der Waals surface area (Å²) >= 11 is 0. The molecule has 3 rings (SSSR count). The van der Waals surface area contributed by atoms with Crippen LogP contribution in [0.5, 0.6) is 5.75 Å². The Hall–Kier alpha value is -2.74. The quantitative estimate of drug-likeness (QED) is 0.530. The van der Waals surface area contributed by atoms with Crippen LogP contribution >= 0.6 is 0 Å². The van der Waals surface area contributed by atoms with Crippen molar-refractivity contribution in [3.8, 4) is 5.75 Å². The molecular formula is C26H33NO. The average Bonchev–Trinajstić information content (AvgIpc) is 2.68. The Labute approximate surface area is 170 Å². The molecule has 2 aromatic carbocycles. The Balaban J connectivity index is 0.00000136. The zero-order valence-electron chi connectivity index (χ0n) is 18.3. The molecule has 0 bridgehead atoms. The van der Waals surface area contributed by atoms with Crippen molar-refractivity contribution in [1.29, 1.82) is 0 Å². The Morgan fingerprint density at radius 2 is 1.75 bits per heavy atom. The van der Waals surface area contributed by atoms with Crippen molar-refractivity contribution in [2.75, 3.05) is 4.90 Å². The number of fused-ring (bicyclic) bond motifs is 1. The highest BCUT2D eigenvalue weighted by Crippen LogP contribution is 2.45. The van der Waals surface area contributed by atoms with Gasteiger partial charge in [0.25, 0.3) is 0 Å². The van der Waals surface area contributed by atoms with Gasteiger partial charge in [0.2, 0.25) is 0 Å². The first kappa shape index (κ1) is 21.6. The van der Waals surface area contributed by atoms with Crippen LogP contribution in [0.25, 0.3) is 0 Å². The predicted molar refractivity (Wildman–Crippen MR) is 122 cm³/mol. The second kappa shape index (κ2) is 8.97. The smallest absolute Gasteiger partial charge is 0.151 e. The average molecular weight is 376 g/mol. The van der Waals surface area contributed by atoms with Crippen molar-refractivity contribution in [1.82, 2.24) is 0 Å². The summed E-state index contributed by atoms with van der Waals surface area (Å²) in [7, 11) is 0. The Morgan fingerprint density at radius 1 is 1.04 bits per heavy atom. The maximum absolute atomic E-state index is 6.27. The van der Waals surface area contributed by atoms with E-state index in [1.165, 1.54) is 11.1 Å². The molecule has 0 amide bonds. The molecule has 0 fully saturated rings. The first-order valence-corrected chi connectivity index (χ1v) is 10.0. The number of anilines is 2. The van der Waals surface area contributed by atoms with Crippen molar-refractivity contribution in [2.45, 2.75) is 53.9 Å². The minimum atomic E-state index is 0.0693. The number of rotatable bonds is 2. The molecule has 0 aromatic heterocycles. The van der Waals surface area contributed by atoms with Crippen LogP contribution in [-0.4, -0.2) is 0 Å². The standard InChI is InChI=1S/C24H27NO.C2H6/c1-7-10-20-22(8-2)26-23-16-18(24(4,5)6)13-14-21(23)25(20)19-12-9-11-17(3)15-19;1-2/h7-16H,1H2,2-6H3;1-2H3/b20-10+,22-8+;. The van der Waals surface area contributed by atoms with Gasteiger partial charge in [0.05, 0.1) is 11.4 Å². The van der Waals surface area contributed by atoms with E-state index in [1.807, 2.05) is 32.9 Å². The molecule has 0 N–H and O–H groups in total. The molecular weight excluding hydrogens is 342 g/mol. The fraction of sp³-hybridized carbons (Fsp3) is 0.308. The van der Waals surface area contributed by atoms with Crippen molar-refractivity contribution in [3.05, 3.63) is 89.9 Å². The lowest BCUT2D eigenvalue weighted by Crippen LogP contribution is -2.26. The Morgan fingerprint density at radius 3 is 2.32 bits per heavy atom. The topological polar surface area (TPSA) is 12.5 Å². The lowest BCUT2D eigenvalue weighted by atomic mass is 9.86. The van der Waals surface area contributed by atoms with E-state index in [9.17, 15) is 0 Å². The largest absolute Gasteiger partial charge is 0.453 e. The van der Waals surface area contributed by atoms with Gasteiger partial charge in [-0.1, -0.05) is 65.5 Å². The summed E-state index contributed by atoms with van der Waals surface area (Å²) in [6.45, 7) is 18.7. The van der Waals surface area contributed by atoms with Gasteiger partial charge in [0, 0.05) is 5.69 Å². The van der Waals surface area contributed by atoms with Crippen molar-refractivity contribution >= 4 is 11.4 Å². The zero-order valence-corrected chi connectivity index (χ0v) is 18.3. The van der Waals surface area contributed by atoms with Crippen LogP contribution in [0.3, 0.4) is 0 Å². The number of allylic oxidation sites excluding steroid dienone is 3. The van der Waals surface area contributed by atoms with Gasteiger partial charge in [-0.3, -0.25) is 0 Å². The van der Waals surface area contributed by atoms with Gasteiger partial charge >= 0.3 is 0 Å². The molecule has 2 nitrogen and oxygen atoms in total. The molecule has 0 radical (unpaired) electrons. The summed E-state index contributed by atoms with van der Waals surface area (Å²) in [5.74, 6) is 1.72. The highest BCUT2D eigenvalue weighted by Gasteiger charge is 2.29. The van der Waals surface area contributed by atoms with Crippen molar-refractivity contribution < 1.29 is 4.74 Å². The van der Waals surface area contributed by atoms with Gasteiger partial charge in [-0.2, -0.15) is 0 Å². The number of aryl methyl sites for hydroxylation is 1. The molecule has 0 aliphatic carbocycles. The maximum Gasteiger partial charge on any atom is 0.151 e. The van der Waals surface area contributed by atoms with E-state index < -0.39 is 0 Å². The normalized spacial score (nSPS) is 16.2. The van der Waals surface area contributed by atoms with Gasteiger partial charge in [0.1, 0.15) is 5.76 Å². The van der Waals surface area contributed by atoms with Crippen LogP contribution in [0.15, 0.2) is 78.7 Å². The summed E-state index contributed by atoms with van der Waals surface area (Å²) in [5.41, 5.74) is 5.70. The summed E-state index contributed by atoms with van der Waals surface area (Å²) in [6.07, 6.45) is 5.81. The number of ether oxygens (including phenoxy) is 1. The molecule has 1 aliphatic heterocycles. The SMILES string of the molecule is C=C/C=C1\C(=C/C)Oc2cc(C(C)(C)C)ccc2N1c1cccc(C)c1.CC. The third kappa shape index (κ3) is 4.39. The fourth-order valence-corrected chi connectivity index (χ4v) is 3.18. The summed E-state index contributed by atoms with van der Waals surface area (Å²) in [5, 5.41) is 0. The molecule has 0 saturated heterocycles. The van der Waals surface area contributed by atoms with Gasteiger partial charge in [-0.15, -0.1) is 0 Å². The summed E-state index contributed by atoms with van der Waals surface area (Å²) < 4.78 is 6.27. The molecule has 28 heavy (non-hydrogen) atoms. The predicted octanol–water partition coefficient (Wildman–Crippen LogP) is 7.82. The molecule has 2 aromatic rings. The van der Waals surface area contributed by atoms with Gasteiger partial charge in [-0.05, 0) is 66.8 Å². The van der Waals surface area contributed by atoms with Gasteiger partial charge < -0.3 is 9.64 Å². The first-order valence-electron chi connectivity index (χ1n) is 10.0. The number of hydrogen-bond acceptors (Lipinski definition) is 2. The van der Waals surface area contributed by atoms with Gasteiger partial charge in [-0.25, -0.2) is 0 Å². The summed E-state index contributed by atoms with van der Waals surface area (Å²) in [6, 6.07) is 15.0. The van der Waals surface area contributed by atoms with E-state index in [-0.39, 0.29) is 5.41 Å². The van der Waals surface area contributed by atoms with Crippen LogP contribution in [0.1, 0.15) is 52.7 Å². The fourth-order valence-electron chi connectivity index (χ4n) is 3.18. The van der Waals surface area contributed by atoms with Crippen LogP contribution < -0.4 is 9.64 Å². The molecule has 1 heterocycles. The zero-order chi connectivity index (χ0) is 20.9. The number of benzene rings is 2. The lowest BCUT2D eigenvalue weighted by molar-refractivity contribution is 0.420. The molecule has 0 unspecified atom stereocenters. The van der Waals surface area contributed by atoms with Crippen LogP contribution in [0.4, 0.5) is 11.4 Å². The summed E-state index contributed by atoms with van der Waals surface area (Å²) in [4.78, 5) is 2.25. The van der Waals surface area contributed by atoms with E-state index in [2.05, 4.69) is 81.6 Å². The van der Waals surface area contributed by atoms with E-state index in [0.717, 1.165) is 28.6 Å². The second-order valence-corrected chi connectivity index (χ2v) is 7.65. The van der Waals surface area contributed by atoms with E-state index in [0.29, 0.717) is 0 Å². The van der Waals surface area contributed by atoms with E-state index >= 15 is 0 Å². The molecule has 2 heteroatoms. The third-order valence-corrected chi connectivity index (χ3v) is 4.58. The lowest BCUT2D eigenvalue weighted by Gasteiger charge is -2.36. The second-order valence-electron chi connectivity index (χ2n) is 7.65. The third-order valence-electron chi connectivity index (χ3n) is 4.58. The van der Waals surface area contributed by atoms with Gasteiger partial charge in [0.15, 0.2) is 5.75 Å². The van der Waals surface area contributed by atoms with Crippen LogP contribution in [0.2, 0.25) is 0 Å². The highest BCUT2D eigenvalue weighted by atomic mass is 16.5. The minimum Gasteiger partial charge on any atom is -0.453 e. The maximum atomic E-state index is 6.27. The molecule has 0 saturated carbocycles. The minimum absolute atomic E-state index is 0.0693. The van der Waals surface area contributed by atoms with Crippen molar-refractivity contribution in [3.63, 3.8) is 0 Å². The molecule has 0 atom stereocenters. The monoisotopic (exact) mass is 375 g/mol. The Kier molecular flexibility index (Phi) is 6.90. The number of nitrogens with zero attached hydrogens (tertiary/aromatic N) is 1. The molecule has 148 valence electrons. The molecule has 0 spiro atoms. The van der Waals surface area contributed by atoms with E-state index in [4.69, 9.17) is 4.74 Å². The Bertz CT molecular complexity index is 897. The highest BCUT2D eigenvalue weighted by molar-refractivity contribution is 5.79.